The Labute approximate surface area is 222 Å². The van der Waals surface area contributed by atoms with Crippen LogP contribution >= 0.6 is 0 Å². The van der Waals surface area contributed by atoms with Crippen molar-refractivity contribution in [3.8, 4) is 5.75 Å². The molecule has 1 saturated carbocycles. The van der Waals surface area contributed by atoms with Gasteiger partial charge in [-0.25, -0.2) is 9.59 Å². The van der Waals surface area contributed by atoms with Gasteiger partial charge in [0.2, 0.25) is 5.91 Å². The number of amides is 2. The Morgan fingerprint density at radius 3 is 2.05 bits per heavy atom. The molecule has 1 aliphatic heterocycles. The van der Waals surface area contributed by atoms with Crippen molar-refractivity contribution in [2.75, 3.05) is 32.8 Å². The van der Waals surface area contributed by atoms with Gasteiger partial charge < -0.3 is 24.7 Å². The number of carboxylic acids is 2. The molecule has 38 heavy (non-hydrogen) atoms. The SMILES string of the molecule is O=C(O)c1cc(CC(=O)N2CCN(C(=O)c3cccc(OCCC4CCCCC4)c3)CC2)cc(C(=O)O)c1. The summed E-state index contributed by atoms with van der Waals surface area (Å²) in [4.78, 5) is 51.9. The van der Waals surface area contributed by atoms with Crippen molar-refractivity contribution in [3.63, 3.8) is 0 Å². The van der Waals surface area contributed by atoms with Crippen molar-refractivity contribution < 1.29 is 34.1 Å². The zero-order valence-corrected chi connectivity index (χ0v) is 21.4. The molecule has 4 rings (SSSR count). The number of aromatic carboxylic acids is 2. The molecule has 9 nitrogen and oxygen atoms in total. The summed E-state index contributed by atoms with van der Waals surface area (Å²) >= 11 is 0. The topological polar surface area (TPSA) is 124 Å². The summed E-state index contributed by atoms with van der Waals surface area (Å²) in [6.07, 6.45) is 7.40. The van der Waals surface area contributed by atoms with Crippen molar-refractivity contribution >= 4 is 23.8 Å². The van der Waals surface area contributed by atoms with Crippen LogP contribution in [0.1, 0.15) is 75.2 Å². The third kappa shape index (κ3) is 7.12. The van der Waals surface area contributed by atoms with E-state index in [2.05, 4.69) is 0 Å². The maximum absolute atomic E-state index is 13.1. The van der Waals surface area contributed by atoms with E-state index in [1.165, 1.54) is 44.2 Å². The molecular weight excluding hydrogens is 488 g/mol. The maximum Gasteiger partial charge on any atom is 0.335 e. The molecule has 9 heteroatoms. The molecule has 2 amide bonds. The highest BCUT2D eigenvalue weighted by Gasteiger charge is 2.26. The Hall–Kier alpha value is -3.88. The number of ether oxygens (including phenoxy) is 1. The van der Waals surface area contributed by atoms with E-state index in [1.807, 2.05) is 12.1 Å². The number of nitrogens with zero attached hydrogens (tertiary/aromatic N) is 2. The van der Waals surface area contributed by atoms with Gasteiger partial charge >= 0.3 is 11.9 Å². The lowest BCUT2D eigenvalue weighted by Gasteiger charge is -2.35. The number of carbonyl (C=O) groups is 4. The summed E-state index contributed by atoms with van der Waals surface area (Å²) < 4.78 is 5.94. The summed E-state index contributed by atoms with van der Waals surface area (Å²) in [5.74, 6) is -1.46. The standard InChI is InChI=1S/C29H34N2O7/c32-26(17-21-15-23(28(34)35)18-24(16-21)29(36)37)30-10-12-31(13-11-30)27(33)22-7-4-8-25(19-22)38-14-9-20-5-2-1-3-6-20/h4,7-8,15-16,18-20H,1-3,5-6,9-14,17H2,(H,34,35)(H,36,37). The van der Waals surface area contributed by atoms with Gasteiger partial charge in [0.05, 0.1) is 24.2 Å². The van der Waals surface area contributed by atoms with Crippen LogP contribution in [0.5, 0.6) is 5.75 Å². The molecule has 0 spiro atoms. The van der Waals surface area contributed by atoms with Gasteiger partial charge in [0, 0.05) is 31.7 Å². The highest BCUT2D eigenvalue weighted by Crippen LogP contribution is 2.26. The van der Waals surface area contributed by atoms with Crippen LogP contribution < -0.4 is 4.74 Å². The van der Waals surface area contributed by atoms with E-state index in [0.29, 0.717) is 49.7 Å². The largest absolute Gasteiger partial charge is 0.494 e. The van der Waals surface area contributed by atoms with Gasteiger partial charge in [0.25, 0.3) is 5.91 Å². The molecule has 0 atom stereocenters. The van der Waals surface area contributed by atoms with Crippen LogP contribution in [0.4, 0.5) is 0 Å². The minimum Gasteiger partial charge on any atom is -0.494 e. The zero-order valence-electron chi connectivity index (χ0n) is 21.4. The molecule has 0 bridgehead atoms. The lowest BCUT2D eigenvalue weighted by molar-refractivity contribution is -0.131. The Kier molecular flexibility index (Phi) is 8.99. The Balaban J connectivity index is 1.29. The van der Waals surface area contributed by atoms with Gasteiger partial charge in [-0.3, -0.25) is 9.59 Å². The van der Waals surface area contributed by atoms with Crippen LogP contribution in [0.2, 0.25) is 0 Å². The fourth-order valence-corrected chi connectivity index (χ4v) is 5.21. The Morgan fingerprint density at radius 2 is 1.42 bits per heavy atom. The van der Waals surface area contributed by atoms with Gasteiger partial charge in [0.15, 0.2) is 0 Å². The van der Waals surface area contributed by atoms with Crippen molar-refractivity contribution in [3.05, 3.63) is 64.7 Å². The first kappa shape index (κ1) is 27.2. The minimum absolute atomic E-state index is 0.115. The van der Waals surface area contributed by atoms with E-state index in [-0.39, 0.29) is 29.4 Å². The van der Waals surface area contributed by atoms with Crippen LogP contribution in [-0.2, 0) is 11.2 Å². The average molecular weight is 523 g/mol. The summed E-state index contributed by atoms with van der Waals surface area (Å²) in [5.41, 5.74) is 0.518. The molecular formula is C29H34N2O7. The number of benzene rings is 2. The Morgan fingerprint density at radius 1 is 0.789 bits per heavy atom. The highest BCUT2D eigenvalue weighted by molar-refractivity contribution is 5.95. The number of rotatable bonds is 9. The first-order chi connectivity index (χ1) is 18.3. The minimum atomic E-state index is -1.26. The van der Waals surface area contributed by atoms with Crippen LogP contribution in [0.25, 0.3) is 0 Å². The van der Waals surface area contributed by atoms with Crippen molar-refractivity contribution in [2.24, 2.45) is 5.92 Å². The normalized spacial score (nSPS) is 16.2. The number of piperazine rings is 1. The summed E-state index contributed by atoms with van der Waals surface area (Å²) in [6.45, 7) is 2.06. The van der Waals surface area contributed by atoms with E-state index in [1.54, 1.807) is 21.9 Å². The zero-order chi connectivity index (χ0) is 27.1. The number of carbonyl (C=O) groups excluding carboxylic acids is 2. The lowest BCUT2D eigenvalue weighted by Crippen LogP contribution is -2.51. The monoisotopic (exact) mass is 522 g/mol. The predicted octanol–water partition coefficient (Wildman–Crippen LogP) is 3.96. The fraction of sp³-hybridized carbons (Fsp3) is 0.448. The first-order valence-corrected chi connectivity index (χ1v) is 13.2. The predicted molar refractivity (Wildman–Crippen MR) is 140 cm³/mol. The molecule has 1 saturated heterocycles. The molecule has 202 valence electrons. The van der Waals surface area contributed by atoms with E-state index >= 15 is 0 Å². The van der Waals surface area contributed by atoms with Gasteiger partial charge in [-0.05, 0) is 54.3 Å². The quantitative estimate of drug-likeness (QED) is 0.511. The molecule has 0 radical (unpaired) electrons. The summed E-state index contributed by atoms with van der Waals surface area (Å²) in [7, 11) is 0. The fourth-order valence-electron chi connectivity index (χ4n) is 5.21. The van der Waals surface area contributed by atoms with E-state index in [0.717, 1.165) is 18.4 Å². The number of hydrogen-bond donors (Lipinski definition) is 2. The average Bonchev–Trinajstić information content (AvgIpc) is 2.93. The third-order valence-electron chi connectivity index (χ3n) is 7.36. The van der Waals surface area contributed by atoms with Crippen LogP contribution in [0.15, 0.2) is 42.5 Å². The van der Waals surface area contributed by atoms with Crippen molar-refractivity contribution in [1.82, 2.24) is 9.80 Å². The molecule has 0 unspecified atom stereocenters. The van der Waals surface area contributed by atoms with Gasteiger partial charge in [0.1, 0.15) is 5.75 Å². The number of hydrogen-bond acceptors (Lipinski definition) is 5. The van der Waals surface area contributed by atoms with Crippen molar-refractivity contribution in [2.45, 2.75) is 44.9 Å². The second-order valence-electron chi connectivity index (χ2n) is 10.0. The van der Waals surface area contributed by atoms with E-state index < -0.39 is 11.9 Å². The second kappa shape index (κ2) is 12.6. The van der Waals surface area contributed by atoms with Gasteiger partial charge in [-0.1, -0.05) is 38.2 Å². The van der Waals surface area contributed by atoms with Crippen LogP contribution in [0.3, 0.4) is 0 Å². The first-order valence-electron chi connectivity index (χ1n) is 13.2. The lowest BCUT2D eigenvalue weighted by atomic mass is 9.87. The molecule has 0 aromatic heterocycles. The number of carboxylic acid groups (broad SMARTS) is 2. The summed E-state index contributed by atoms with van der Waals surface area (Å²) in [5, 5.41) is 18.5. The van der Waals surface area contributed by atoms with Crippen LogP contribution in [-0.4, -0.2) is 76.6 Å². The van der Waals surface area contributed by atoms with Gasteiger partial charge in [-0.2, -0.15) is 0 Å². The smallest absolute Gasteiger partial charge is 0.335 e. The van der Waals surface area contributed by atoms with E-state index in [9.17, 15) is 29.4 Å². The van der Waals surface area contributed by atoms with E-state index in [4.69, 9.17) is 4.74 Å². The molecule has 2 aliphatic rings. The molecule has 1 aliphatic carbocycles. The van der Waals surface area contributed by atoms with Crippen molar-refractivity contribution in [1.29, 1.82) is 0 Å². The third-order valence-corrected chi connectivity index (χ3v) is 7.36. The highest BCUT2D eigenvalue weighted by atomic mass is 16.5. The molecule has 2 aromatic carbocycles. The Bertz CT molecular complexity index is 1150. The second-order valence-corrected chi connectivity index (χ2v) is 10.0. The van der Waals surface area contributed by atoms with Gasteiger partial charge in [-0.15, -0.1) is 0 Å². The van der Waals surface area contributed by atoms with Crippen LogP contribution in [0, 0.1) is 5.92 Å². The molecule has 2 fully saturated rings. The summed E-state index contributed by atoms with van der Waals surface area (Å²) in [6, 6.07) is 10.9. The molecule has 2 aromatic rings. The molecule has 2 N–H and O–H groups in total. The molecule has 1 heterocycles. The maximum atomic E-state index is 13.1.